The van der Waals surface area contributed by atoms with Crippen LogP contribution in [0.4, 0.5) is 5.69 Å². The van der Waals surface area contributed by atoms with Gasteiger partial charge in [-0.2, -0.15) is 0 Å². The minimum Gasteiger partial charge on any atom is -0.497 e. The molecule has 0 bridgehead atoms. The van der Waals surface area contributed by atoms with E-state index in [-0.39, 0.29) is 5.91 Å². The molecule has 0 aliphatic rings. The summed E-state index contributed by atoms with van der Waals surface area (Å²) in [6.07, 6.45) is 0.930. The number of aryl methyl sites for hydroxylation is 4. The minimum atomic E-state index is -0.0447. The Bertz CT molecular complexity index is 718. The van der Waals surface area contributed by atoms with Gasteiger partial charge in [0.15, 0.2) is 0 Å². The zero-order chi connectivity index (χ0) is 17.7. The maximum Gasteiger partial charge on any atom is 0.224 e. The van der Waals surface area contributed by atoms with Gasteiger partial charge in [0, 0.05) is 12.1 Å². The van der Waals surface area contributed by atoms with Crippen LogP contribution in [0, 0.1) is 20.8 Å². The molecule has 1 aromatic carbocycles. The second kappa shape index (κ2) is 7.81. The smallest absolute Gasteiger partial charge is 0.224 e. The monoisotopic (exact) mass is 328 g/mol. The summed E-state index contributed by atoms with van der Waals surface area (Å²) in [4.78, 5) is 16.7. The summed E-state index contributed by atoms with van der Waals surface area (Å²) in [6, 6.07) is 7.56. The number of carbonyl (C=O) groups excluding carboxylic acids is 1. The van der Waals surface area contributed by atoms with Gasteiger partial charge in [0.1, 0.15) is 11.5 Å². The van der Waals surface area contributed by atoms with Crippen molar-refractivity contribution in [2.24, 2.45) is 0 Å². The van der Waals surface area contributed by atoms with Crippen molar-refractivity contribution in [2.75, 3.05) is 19.5 Å². The zero-order valence-corrected chi connectivity index (χ0v) is 14.9. The zero-order valence-electron chi connectivity index (χ0n) is 14.9. The molecule has 0 spiro atoms. The molecule has 0 saturated carbocycles. The van der Waals surface area contributed by atoms with E-state index in [1.165, 1.54) is 0 Å². The standard InChI is InChI=1S/C19H24N2O3/c1-12-10-13(2)20-14(3)19(12)21-18(22)9-6-15-11-16(23-4)7-8-17(15)24-5/h7-8,10-11H,6,9H2,1-5H3,(H,21,22). The van der Waals surface area contributed by atoms with Gasteiger partial charge in [-0.3, -0.25) is 9.78 Å². The first-order valence-electron chi connectivity index (χ1n) is 7.90. The number of pyridine rings is 1. The van der Waals surface area contributed by atoms with Gasteiger partial charge in [-0.15, -0.1) is 0 Å². The Morgan fingerprint density at radius 2 is 1.88 bits per heavy atom. The molecule has 0 fully saturated rings. The van der Waals surface area contributed by atoms with Gasteiger partial charge < -0.3 is 14.8 Å². The summed E-state index contributed by atoms with van der Waals surface area (Å²) < 4.78 is 10.6. The Hall–Kier alpha value is -2.56. The van der Waals surface area contributed by atoms with E-state index in [1.807, 2.05) is 45.0 Å². The van der Waals surface area contributed by atoms with Gasteiger partial charge in [0.05, 0.1) is 25.6 Å². The highest BCUT2D eigenvalue weighted by molar-refractivity contribution is 5.92. The van der Waals surface area contributed by atoms with Crippen molar-refractivity contribution in [1.82, 2.24) is 4.98 Å². The lowest BCUT2D eigenvalue weighted by atomic mass is 10.1. The summed E-state index contributed by atoms with van der Waals surface area (Å²) in [6.45, 7) is 5.82. The number of anilines is 1. The van der Waals surface area contributed by atoms with Crippen molar-refractivity contribution >= 4 is 11.6 Å². The van der Waals surface area contributed by atoms with Crippen molar-refractivity contribution in [2.45, 2.75) is 33.6 Å². The maximum atomic E-state index is 12.3. The Balaban J connectivity index is 2.06. The van der Waals surface area contributed by atoms with E-state index in [0.717, 1.165) is 39.7 Å². The van der Waals surface area contributed by atoms with Crippen LogP contribution >= 0.6 is 0 Å². The Labute approximate surface area is 143 Å². The quantitative estimate of drug-likeness (QED) is 0.880. The average molecular weight is 328 g/mol. The fourth-order valence-corrected chi connectivity index (χ4v) is 2.74. The van der Waals surface area contributed by atoms with Crippen LogP contribution in [0.1, 0.15) is 28.9 Å². The molecule has 1 heterocycles. The van der Waals surface area contributed by atoms with Gasteiger partial charge >= 0.3 is 0 Å². The van der Waals surface area contributed by atoms with Crippen molar-refractivity contribution in [1.29, 1.82) is 0 Å². The van der Waals surface area contributed by atoms with Crippen LogP contribution in [0.2, 0.25) is 0 Å². The third-order valence-corrected chi connectivity index (χ3v) is 3.90. The molecular formula is C19H24N2O3. The van der Waals surface area contributed by atoms with Crippen molar-refractivity contribution in [3.8, 4) is 11.5 Å². The number of hydrogen-bond acceptors (Lipinski definition) is 4. The number of rotatable bonds is 6. The molecule has 1 amide bonds. The van der Waals surface area contributed by atoms with E-state index in [0.29, 0.717) is 12.8 Å². The molecule has 24 heavy (non-hydrogen) atoms. The number of aromatic nitrogens is 1. The molecule has 0 aliphatic carbocycles. The van der Waals surface area contributed by atoms with E-state index >= 15 is 0 Å². The van der Waals surface area contributed by atoms with Gasteiger partial charge in [0.2, 0.25) is 5.91 Å². The predicted octanol–water partition coefficient (Wildman–Crippen LogP) is 3.60. The topological polar surface area (TPSA) is 60.5 Å². The largest absolute Gasteiger partial charge is 0.497 e. The second-order valence-electron chi connectivity index (χ2n) is 5.77. The lowest BCUT2D eigenvalue weighted by molar-refractivity contribution is -0.116. The number of carbonyl (C=O) groups is 1. The third kappa shape index (κ3) is 4.25. The number of nitrogens with one attached hydrogen (secondary N) is 1. The van der Waals surface area contributed by atoms with Gasteiger partial charge in [-0.1, -0.05) is 0 Å². The highest BCUT2D eigenvalue weighted by Crippen LogP contribution is 2.25. The fourth-order valence-electron chi connectivity index (χ4n) is 2.74. The van der Waals surface area contributed by atoms with E-state index < -0.39 is 0 Å². The Morgan fingerprint density at radius 3 is 2.50 bits per heavy atom. The Morgan fingerprint density at radius 1 is 1.12 bits per heavy atom. The lowest BCUT2D eigenvalue weighted by Crippen LogP contribution is -2.15. The van der Waals surface area contributed by atoms with E-state index in [2.05, 4.69) is 10.3 Å². The SMILES string of the molecule is COc1ccc(OC)c(CCC(=O)Nc2c(C)cc(C)nc2C)c1. The van der Waals surface area contributed by atoms with E-state index in [4.69, 9.17) is 9.47 Å². The highest BCUT2D eigenvalue weighted by atomic mass is 16.5. The lowest BCUT2D eigenvalue weighted by Gasteiger charge is -2.13. The molecule has 5 heteroatoms. The minimum absolute atomic E-state index is 0.0447. The van der Waals surface area contributed by atoms with Crippen molar-refractivity contribution in [3.63, 3.8) is 0 Å². The van der Waals surface area contributed by atoms with Crippen LogP contribution in [-0.2, 0) is 11.2 Å². The normalized spacial score (nSPS) is 10.4. The maximum absolute atomic E-state index is 12.3. The molecule has 2 rings (SSSR count). The molecule has 0 radical (unpaired) electrons. The number of hydrogen-bond donors (Lipinski definition) is 1. The first-order valence-corrected chi connectivity index (χ1v) is 7.90. The summed E-state index contributed by atoms with van der Waals surface area (Å²) in [5.41, 5.74) is 4.54. The number of amides is 1. The van der Waals surface area contributed by atoms with Crippen LogP contribution in [0.5, 0.6) is 11.5 Å². The molecule has 1 aromatic heterocycles. The molecular weight excluding hydrogens is 304 g/mol. The number of nitrogens with zero attached hydrogens (tertiary/aromatic N) is 1. The van der Waals surface area contributed by atoms with E-state index in [1.54, 1.807) is 14.2 Å². The van der Waals surface area contributed by atoms with Crippen molar-refractivity contribution < 1.29 is 14.3 Å². The van der Waals surface area contributed by atoms with Gasteiger partial charge in [-0.05, 0) is 62.6 Å². The summed E-state index contributed by atoms with van der Waals surface area (Å²) in [5.74, 6) is 1.46. The molecule has 2 aromatic rings. The van der Waals surface area contributed by atoms with Gasteiger partial charge in [-0.25, -0.2) is 0 Å². The summed E-state index contributed by atoms with van der Waals surface area (Å²) in [7, 11) is 3.24. The van der Waals surface area contributed by atoms with Gasteiger partial charge in [0.25, 0.3) is 0 Å². The molecule has 0 atom stereocenters. The molecule has 0 aliphatic heterocycles. The number of methoxy groups -OCH3 is 2. The average Bonchev–Trinajstić information content (AvgIpc) is 2.55. The third-order valence-electron chi connectivity index (χ3n) is 3.90. The Kier molecular flexibility index (Phi) is 5.79. The molecule has 0 saturated heterocycles. The molecule has 0 unspecified atom stereocenters. The van der Waals surface area contributed by atoms with E-state index in [9.17, 15) is 4.79 Å². The fraction of sp³-hybridized carbons (Fsp3) is 0.368. The van der Waals surface area contributed by atoms with Crippen LogP contribution in [0.15, 0.2) is 24.3 Å². The molecule has 5 nitrogen and oxygen atoms in total. The number of ether oxygens (including phenoxy) is 2. The van der Waals surface area contributed by atoms with Crippen molar-refractivity contribution in [3.05, 3.63) is 46.8 Å². The highest BCUT2D eigenvalue weighted by Gasteiger charge is 2.11. The van der Waals surface area contributed by atoms with Crippen LogP contribution in [0.25, 0.3) is 0 Å². The first-order chi connectivity index (χ1) is 11.4. The van der Waals surface area contributed by atoms with Crippen LogP contribution in [0.3, 0.4) is 0 Å². The van der Waals surface area contributed by atoms with Crippen LogP contribution < -0.4 is 14.8 Å². The molecule has 1 N–H and O–H groups in total. The predicted molar refractivity (Wildman–Crippen MR) is 94.9 cm³/mol. The second-order valence-corrected chi connectivity index (χ2v) is 5.77. The summed E-state index contributed by atoms with van der Waals surface area (Å²) in [5, 5.41) is 2.97. The summed E-state index contributed by atoms with van der Waals surface area (Å²) >= 11 is 0. The number of benzene rings is 1. The first kappa shape index (κ1) is 17.8. The molecule has 128 valence electrons. The van der Waals surface area contributed by atoms with Crippen LogP contribution in [-0.4, -0.2) is 25.1 Å².